The minimum atomic E-state index is -1.09. The number of aromatic nitrogens is 1. The first-order valence-electron chi connectivity index (χ1n) is 9.38. The Morgan fingerprint density at radius 1 is 1.34 bits per heavy atom. The van der Waals surface area contributed by atoms with Crippen molar-refractivity contribution in [2.24, 2.45) is 0 Å². The highest BCUT2D eigenvalue weighted by Gasteiger charge is 2.27. The van der Waals surface area contributed by atoms with Crippen LogP contribution in [0.25, 0.3) is 6.08 Å². The van der Waals surface area contributed by atoms with Crippen LogP contribution >= 0.6 is 11.6 Å². The first kappa shape index (κ1) is 20.7. The van der Waals surface area contributed by atoms with Crippen LogP contribution in [0.1, 0.15) is 42.8 Å². The third-order valence-corrected chi connectivity index (χ3v) is 5.19. The average Bonchev–Trinajstić information content (AvgIpc) is 3.47. The second-order valence-corrected chi connectivity index (χ2v) is 7.52. The molecule has 0 saturated heterocycles. The third-order valence-electron chi connectivity index (χ3n) is 4.86. The van der Waals surface area contributed by atoms with Gasteiger partial charge in [-0.3, -0.25) is 4.79 Å². The van der Waals surface area contributed by atoms with E-state index in [1.807, 2.05) is 26.0 Å². The number of esters is 1. The predicted molar refractivity (Wildman–Crippen MR) is 111 cm³/mol. The maximum absolute atomic E-state index is 12.4. The number of halogens is 1. The Bertz CT molecular complexity index is 1030. The van der Waals surface area contributed by atoms with Crippen molar-refractivity contribution >= 4 is 35.2 Å². The number of carbonyl (C=O) groups excluding carboxylic acids is 2. The van der Waals surface area contributed by atoms with Gasteiger partial charge in [-0.1, -0.05) is 23.7 Å². The largest absolute Gasteiger partial charge is 0.448 e. The van der Waals surface area contributed by atoms with Crippen LogP contribution in [0, 0.1) is 25.2 Å². The molecule has 6 nitrogen and oxygen atoms in total. The van der Waals surface area contributed by atoms with Gasteiger partial charge in [0, 0.05) is 17.4 Å². The Morgan fingerprint density at radius 2 is 2.03 bits per heavy atom. The zero-order valence-electron chi connectivity index (χ0n) is 16.5. The van der Waals surface area contributed by atoms with Gasteiger partial charge in [-0.2, -0.15) is 5.26 Å². The van der Waals surface area contributed by atoms with Crippen LogP contribution in [-0.2, 0) is 14.3 Å². The molecule has 1 aromatic carbocycles. The summed E-state index contributed by atoms with van der Waals surface area (Å²) >= 11 is 6.02. The first-order chi connectivity index (χ1) is 13.8. The smallest absolute Gasteiger partial charge is 0.349 e. The van der Waals surface area contributed by atoms with Gasteiger partial charge in [0.1, 0.15) is 11.6 Å². The Labute approximate surface area is 174 Å². The van der Waals surface area contributed by atoms with Crippen LogP contribution in [0.5, 0.6) is 0 Å². The van der Waals surface area contributed by atoms with Crippen LogP contribution in [0.4, 0.5) is 5.69 Å². The van der Waals surface area contributed by atoms with Gasteiger partial charge in [0.2, 0.25) is 0 Å². The van der Waals surface area contributed by atoms with Crippen molar-refractivity contribution in [2.45, 2.75) is 45.8 Å². The second kappa shape index (κ2) is 8.54. The zero-order valence-corrected chi connectivity index (χ0v) is 17.3. The van der Waals surface area contributed by atoms with E-state index in [0.29, 0.717) is 16.8 Å². The van der Waals surface area contributed by atoms with Crippen molar-refractivity contribution < 1.29 is 14.3 Å². The number of para-hydroxylation sites is 1. The Kier molecular flexibility index (Phi) is 6.09. The maximum Gasteiger partial charge on any atom is 0.349 e. The fourth-order valence-electron chi connectivity index (χ4n) is 3.21. The number of carbonyl (C=O) groups is 2. The van der Waals surface area contributed by atoms with E-state index in [1.54, 1.807) is 24.3 Å². The minimum absolute atomic E-state index is 0.154. The van der Waals surface area contributed by atoms with Crippen molar-refractivity contribution in [1.29, 1.82) is 5.26 Å². The Hall–Kier alpha value is -3.04. The number of nitrogens with zero attached hydrogens (tertiary/aromatic N) is 2. The van der Waals surface area contributed by atoms with Gasteiger partial charge in [0.25, 0.3) is 5.91 Å². The van der Waals surface area contributed by atoms with E-state index < -0.39 is 18.0 Å². The second-order valence-electron chi connectivity index (χ2n) is 7.11. The third kappa shape index (κ3) is 4.69. The topological polar surface area (TPSA) is 84.1 Å². The van der Waals surface area contributed by atoms with E-state index in [0.717, 1.165) is 29.8 Å². The van der Waals surface area contributed by atoms with Crippen molar-refractivity contribution in [2.75, 3.05) is 5.32 Å². The average molecular weight is 412 g/mol. The Morgan fingerprint density at radius 3 is 2.66 bits per heavy atom. The summed E-state index contributed by atoms with van der Waals surface area (Å²) in [7, 11) is 0. The summed E-state index contributed by atoms with van der Waals surface area (Å²) in [6.07, 6.45) is 2.71. The lowest BCUT2D eigenvalue weighted by molar-refractivity contribution is -0.148. The molecule has 0 spiro atoms. The molecule has 2 aromatic rings. The van der Waals surface area contributed by atoms with E-state index >= 15 is 0 Å². The molecule has 1 aliphatic carbocycles. The fraction of sp³-hybridized carbons (Fsp3) is 0.318. The van der Waals surface area contributed by atoms with E-state index in [-0.39, 0.29) is 5.57 Å². The van der Waals surface area contributed by atoms with Crippen molar-refractivity contribution in [3.63, 3.8) is 0 Å². The number of nitrogens with one attached hydrogen (secondary N) is 1. The number of aryl methyl sites for hydroxylation is 1. The minimum Gasteiger partial charge on any atom is -0.448 e. The van der Waals surface area contributed by atoms with Crippen molar-refractivity contribution in [1.82, 2.24) is 4.57 Å². The van der Waals surface area contributed by atoms with Gasteiger partial charge in [0.15, 0.2) is 6.10 Å². The number of anilines is 1. The summed E-state index contributed by atoms with van der Waals surface area (Å²) in [5, 5.41) is 12.4. The molecular formula is C22H22ClN3O3. The molecule has 1 heterocycles. The van der Waals surface area contributed by atoms with Gasteiger partial charge in [0.05, 0.1) is 10.7 Å². The molecule has 0 aliphatic heterocycles. The lowest BCUT2D eigenvalue weighted by atomic mass is 10.1. The predicted octanol–water partition coefficient (Wildman–Crippen LogP) is 4.57. The number of hydrogen-bond acceptors (Lipinski definition) is 4. The number of nitriles is 1. The van der Waals surface area contributed by atoms with E-state index in [4.69, 9.17) is 16.3 Å². The number of amides is 1. The highest BCUT2D eigenvalue weighted by atomic mass is 35.5. The summed E-state index contributed by atoms with van der Waals surface area (Å²) in [6, 6.07) is 11.1. The highest BCUT2D eigenvalue weighted by molar-refractivity contribution is 6.33. The summed E-state index contributed by atoms with van der Waals surface area (Å²) in [6.45, 7) is 5.42. The summed E-state index contributed by atoms with van der Waals surface area (Å²) in [4.78, 5) is 24.7. The van der Waals surface area contributed by atoms with Crippen LogP contribution in [0.2, 0.25) is 5.02 Å². The van der Waals surface area contributed by atoms with Gasteiger partial charge < -0.3 is 14.6 Å². The van der Waals surface area contributed by atoms with Gasteiger partial charge in [-0.05, 0) is 63.5 Å². The number of ether oxygens (including phenoxy) is 1. The fourth-order valence-corrected chi connectivity index (χ4v) is 3.39. The molecule has 7 heteroatoms. The maximum atomic E-state index is 12.4. The van der Waals surface area contributed by atoms with Crippen LogP contribution in [0.15, 0.2) is 35.9 Å². The van der Waals surface area contributed by atoms with E-state index in [1.165, 1.54) is 13.0 Å². The molecule has 1 aliphatic rings. The SMILES string of the molecule is Cc1cc(/C=C(\C#N)C(=O)O[C@H](C)C(=O)Nc2ccccc2Cl)c(C)n1C1CC1. The molecule has 0 radical (unpaired) electrons. The molecule has 1 aromatic heterocycles. The zero-order chi connectivity index (χ0) is 21.1. The molecular weight excluding hydrogens is 390 g/mol. The molecule has 150 valence electrons. The summed E-state index contributed by atoms with van der Waals surface area (Å²) in [5.41, 5.74) is 3.17. The molecule has 1 atom stereocenters. The van der Waals surface area contributed by atoms with Crippen LogP contribution in [0.3, 0.4) is 0 Å². The Balaban J connectivity index is 1.70. The summed E-state index contributed by atoms with van der Waals surface area (Å²) < 4.78 is 7.42. The summed E-state index contributed by atoms with van der Waals surface area (Å²) in [5.74, 6) is -1.37. The molecule has 0 bridgehead atoms. The monoisotopic (exact) mass is 411 g/mol. The van der Waals surface area contributed by atoms with Gasteiger partial charge in [-0.25, -0.2) is 4.79 Å². The molecule has 1 fully saturated rings. The van der Waals surface area contributed by atoms with Gasteiger partial charge >= 0.3 is 5.97 Å². The van der Waals surface area contributed by atoms with Gasteiger partial charge in [-0.15, -0.1) is 0 Å². The standard InChI is InChI=1S/C22H22ClN3O3/c1-13-10-16(14(2)26(13)18-8-9-18)11-17(12-24)22(28)29-15(3)21(27)25-20-7-5-4-6-19(20)23/h4-7,10-11,15,18H,8-9H2,1-3H3,(H,25,27)/b17-11+/t15-/m1/s1. The molecule has 29 heavy (non-hydrogen) atoms. The molecule has 1 saturated carbocycles. The lowest BCUT2D eigenvalue weighted by Crippen LogP contribution is -2.30. The lowest BCUT2D eigenvalue weighted by Gasteiger charge is -2.14. The van der Waals surface area contributed by atoms with E-state index in [9.17, 15) is 14.9 Å². The molecule has 3 rings (SSSR count). The van der Waals surface area contributed by atoms with Crippen molar-refractivity contribution in [3.8, 4) is 6.07 Å². The number of hydrogen-bond donors (Lipinski definition) is 1. The van der Waals surface area contributed by atoms with Crippen LogP contribution in [-0.4, -0.2) is 22.5 Å². The molecule has 1 N–H and O–H groups in total. The van der Waals surface area contributed by atoms with Crippen molar-refractivity contribution in [3.05, 3.63) is 57.9 Å². The molecule has 0 unspecified atom stereocenters. The highest BCUT2D eigenvalue weighted by Crippen LogP contribution is 2.38. The molecule has 1 amide bonds. The number of rotatable bonds is 6. The van der Waals surface area contributed by atoms with E-state index in [2.05, 4.69) is 9.88 Å². The normalized spacial score (nSPS) is 14.8. The first-order valence-corrected chi connectivity index (χ1v) is 9.76. The quantitative estimate of drug-likeness (QED) is 0.428. The van der Waals surface area contributed by atoms with Crippen LogP contribution < -0.4 is 5.32 Å². The number of benzene rings is 1.